The zero-order chi connectivity index (χ0) is 24.5. The molecule has 3 aromatic rings. The van der Waals surface area contributed by atoms with Crippen LogP contribution in [-0.2, 0) is 4.74 Å². The molecule has 0 radical (unpaired) electrons. The van der Waals surface area contributed by atoms with Gasteiger partial charge in [0.2, 0.25) is 12.1 Å². The summed E-state index contributed by atoms with van der Waals surface area (Å²) in [6.07, 6.45) is 2.48. The van der Waals surface area contributed by atoms with E-state index in [4.69, 9.17) is 15.2 Å². The number of rotatable bonds is 14. The summed E-state index contributed by atoms with van der Waals surface area (Å²) in [5.74, 6) is -0.231. The molecule has 0 saturated carbocycles. The summed E-state index contributed by atoms with van der Waals surface area (Å²) < 4.78 is 51.8. The van der Waals surface area contributed by atoms with Crippen LogP contribution < -0.4 is 15.8 Å². The van der Waals surface area contributed by atoms with E-state index in [0.29, 0.717) is 24.4 Å². The second kappa shape index (κ2) is 12.6. The Morgan fingerprint density at radius 1 is 1.15 bits per heavy atom. The number of nitrogens with zero attached hydrogens (tertiary/aromatic N) is 5. The molecule has 0 spiro atoms. The second-order valence-electron chi connectivity index (χ2n) is 7.78. The first-order valence-corrected chi connectivity index (χ1v) is 11.2. The Labute approximate surface area is 195 Å². The normalized spacial score (nSPS) is 13.5. The van der Waals surface area contributed by atoms with Crippen LogP contribution in [0.2, 0.25) is 0 Å². The van der Waals surface area contributed by atoms with Crippen molar-refractivity contribution >= 4 is 5.65 Å². The Balaban J connectivity index is 1.64. The number of pyridine rings is 1. The third-order valence-corrected chi connectivity index (χ3v) is 5.15. The molecule has 0 aliphatic carbocycles. The molecule has 0 fully saturated rings. The molecule has 0 aromatic carbocycles. The molecule has 3 N–H and O–H groups in total. The Morgan fingerprint density at radius 2 is 1.97 bits per heavy atom. The molecule has 34 heavy (non-hydrogen) atoms. The maximum Gasteiger partial charge on any atom is 0.262 e. The molecule has 3 rings (SSSR count). The van der Waals surface area contributed by atoms with Crippen LogP contribution in [0.3, 0.4) is 0 Å². The van der Waals surface area contributed by atoms with Crippen LogP contribution in [0.4, 0.5) is 13.2 Å². The van der Waals surface area contributed by atoms with Gasteiger partial charge in [-0.25, -0.2) is 22.7 Å². The lowest BCUT2D eigenvalue weighted by molar-refractivity contribution is 0.0901. The Kier molecular flexibility index (Phi) is 9.54. The lowest BCUT2D eigenvalue weighted by Gasteiger charge is -2.14. The van der Waals surface area contributed by atoms with E-state index >= 15 is 0 Å². The fraction of sp³-hybridized carbons (Fsp3) is 0.545. The van der Waals surface area contributed by atoms with Gasteiger partial charge in [0, 0.05) is 37.5 Å². The van der Waals surface area contributed by atoms with Gasteiger partial charge in [-0.05, 0) is 32.4 Å². The number of aromatic nitrogens is 5. The lowest BCUT2D eigenvalue weighted by atomic mass is 10.1. The summed E-state index contributed by atoms with van der Waals surface area (Å²) >= 11 is 0. The lowest BCUT2D eigenvalue weighted by Crippen LogP contribution is -2.23. The van der Waals surface area contributed by atoms with Crippen LogP contribution in [0, 0.1) is 5.82 Å². The molecule has 0 aliphatic heterocycles. The number of hydrogen-bond donors (Lipinski definition) is 2. The zero-order valence-corrected chi connectivity index (χ0v) is 19.3. The van der Waals surface area contributed by atoms with Crippen molar-refractivity contribution in [3.8, 4) is 17.3 Å². The minimum absolute atomic E-state index is 0.0716. The minimum atomic E-state index is -2.35. The maximum absolute atomic E-state index is 14.6. The monoisotopic (exact) mass is 481 g/mol. The third kappa shape index (κ3) is 7.08. The average molecular weight is 482 g/mol. The Hall–Kier alpha value is -2.83. The van der Waals surface area contributed by atoms with Crippen molar-refractivity contribution in [3.63, 3.8) is 0 Å². The summed E-state index contributed by atoms with van der Waals surface area (Å²) in [6, 6.07) is 1.21. The highest BCUT2D eigenvalue weighted by atomic mass is 19.3. The molecular formula is C22H30F3N7O2. The SMILES string of the molecule is CCN[C@H](C)c1cc(-c2nc(OCCOCCC(N)CCC(F)F)c3nccn3n2)c(F)cn1. The van der Waals surface area contributed by atoms with Crippen molar-refractivity contribution in [1.29, 1.82) is 0 Å². The van der Waals surface area contributed by atoms with Gasteiger partial charge in [-0.3, -0.25) is 4.98 Å². The van der Waals surface area contributed by atoms with Gasteiger partial charge < -0.3 is 20.5 Å². The highest BCUT2D eigenvalue weighted by Crippen LogP contribution is 2.25. The summed E-state index contributed by atoms with van der Waals surface area (Å²) in [6.45, 7) is 5.39. The van der Waals surface area contributed by atoms with E-state index in [1.165, 1.54) is 4.52 Å². The van der Waals surface area contributed by atoms with E-state index in [1.807, 2.05) is 13.8 Å². The van der Waals surface area contributed by atoms with Crippen LogP contribution in [0.1, 0.15) is 44.8 Å². The first-order valence-electron chi connectivity index (χ1n) is 11.2. The van der Waals surface area contributed by atoms with E-state index in [1.54, 1.807) is 18.5 Å². The number of ether oxygens (including phenoxy) is 2. The standard InChI is InChI=1S/C22H30F3N7O2/c1-3-27-14(2)18-12-16(17(23)13-29-18)20-30-22(21-28-7-8-32(21)31-20)34-11-10-33-9-6-15(26)4-5-19(24)25/h7-8,12-15,19,27H,3-6,9-11,26H2,1-2H3/t14-,15?/m1/s1. The summed E-state index contributed by atoms with van der Waals surface area (Å²) in [7, 11) is 0. The molecule has 0 amide bonds. The van der Waals surface area contributed by atoms with Gasteiger partial charge in [0.15, 0.2) is 11.6 Å². The highest BCUT2D eigenvalue weighted by Gasteiger charge is 2.17. The number of alkyl halides is 2. The van der Waals surface area contributed by atoms with E-state index in [-0.39, 0.29) is 55.4 Å². The van der Waals surface area contributed by atoms with Crippen molar-refractivity contribution in [3.05, 3.63) is 36.2 Å². The zero-order valence-electron chi connectivity index (χ0n) is 19.3. The number of nitrogens with two attached hydrogens (primary N) is 1. The summed E-state index contributed by atoms with van der Waals surface area (Å²) in [5, 5.41) is 7.60. The van der Waals surface area contributed by atoms with Crippen molar-refractivity contribution in [2.24, 2.45) is 5.73 Å². The molecule has 0 saturated heterocycles. The molecule has 0 aliphatic rings. The van der Waals surface area contributed by atoms with E-state index in [0.717, 1.165) is 12.7 Å². The fourth-order valence-corrected chi connectivity index (χ4v) is 3.30. The molecule has 186 valence electrons. The minimum Gasteiger partial charge on any atom is -0.472 e. The van der Waals surface area contributed by atoms with Gasteiger partial charge in [-0.1, -0.05) is 6.92 Å². The van der Waals surface area contributed by atoms with Crippen molar-refractivity contribution in [1.82, 2.24) is 29.9 Å². The second-order valence-corrected chi connectivity index (χ2v) is 7.78. The molecule has 3 heterocycles. The number of fused-ring (bicyclic) bond motifs is 1. The predicted molar refractivity (Wildman–Crippen MR) is 120 cm³/mol. The van der Waals surface area contributed by atoms with Crippen LogP contribution in [0.5, 0.6) is 5.88 Å². The van der Waals surface area contributed by atoms with Crippen molar-refractivity contribution in [2.75, 3.05) is 26.4 Å². The smallest absolute Gasteiger partial charge is 0.262 e. The summed E-state index contributed by atoms with van der Waals surface area (Å²) in [4.78, 5) is 12.7. The van der Waals surface area contributed by atoms with Crippen LogP contribution in [0.15, 0.2) is 24.7 Å². The quantitative estimate of drug-likeness (QED) is 0.338. The van der Waals surface area contributed by atoms with Crippen LogP contribution in [0.25, 0.3) is 17.0 Å². The van der Waals surface area contributed by atoms with Gasteiger partial charge in [0.05, 0.1) is 24.1 Å². The molecule has 3 aromatic heterocycles. The van der Waals surface area contributed by atoms with Gasteiger partial charge in [-0.15, -0.1) is 5.10 Å². The number of nitrogens with one attached hydrogen (secondary N) is 1. The largest absolute Gasteiger partial charge is 0.472 e. The van der Waals surface area contributed by atoms with Gasteiger partial charge in [0.25, 0.3) is 5.88 Å². The highest BCUT2D eigenvalue weighted by molar-refractivity contribution is 5.59. The predicted octanol–water partition coefficient (Wildman–Crippen LogP) is 3.15. The molecule has 12 heteroatoms. The van der Waals surface area contributed by atoms with Crippen LogP contribution >= 0.6 is 0 Å². The number of halogens is 3. The van der Waals surface area contributed by atoms with Gasteiger partial charge >= 0.3 is 0 Å². The van der Waals surface area contributed by atoms with Gasteiger partial charge in [-0.2, -0.15) is 4.98 Å². The molecule has 9 nitrogen and oxygen atoms in total. The third-order valence-electron chi connectivity index (χ3n) is 5.15. The fourth-order valence-electron chi connectivity index (χ4n) is 3.30. The maximum atomic E-state index is 14.6. The Bertz CT molecular complexity index is 1050. The van der Waals surface area contributed by atoms with E-state index in [2.05, 4.69) is 25.4 Å². The number of hydrogen-bond acceptors (Lipinski definition) is 8. The average Bonchev–Trinajstić information content (AvgIpc) is 3.29. The first-order chi connectivity index (χ1) is 16.4. The molecule has 0 bridgehead atoms. The van der Waals surface area contributed by atoms with Crippen molar-refractivity contribution < 1.29 is 22.6 Å². The molecular weight excluding hydrogens is 451 g/mol. The molecule has 2 atom stereocenters. The number of imidazole rings is 1. The van der Waals surface area contributed by atoms with E-state index in [9.17, 15) is 13.2 Å². The van der Waals surface area contributed by atoms with Gasteiger partial charge in [0.1, 0.15) is 6.61 Å². The topological polar surface area (TPSA) is 112 Å². The van der Waals surface area contributed by atoms with E-state index < -0.39 is 12.2 Å². The van der Waals surface area contributed by atoms with Crippen molar-refractivity contribution in [2.45, 2.75) is 51.6 Å². The Morgan fingerprint density at radius 3 is 2.74 bits per heavy atom. The first kappa shape index (κ1) is 25.8. The van der Waals surface area contributed by atoms with Crippen LogP contribution in [-0.4, -0.2) is 63.4 Å². The summed E-state index contributed by atoms with van der Waals surface area (Å²) in [5.41, 5.74) is 7.04. The molecule has 1 unspecified atom stereocenters.